The second kappa shape index (κ2) is 13.9. The summed E-state index contributed by atoms with van der Waals surface area (Å²) < 4.78 is 59.5. The lowest BCUT2D eigenvalue weighted by molar-refractivity contribution is -0.137. The van der Waals surface area contributed by atoms with Crippen LogP contribution in [0, 0.1) is 17.2 Å². The van der Waals surface area contributed by atoms with Crippen molar-refractivity contribution in [2.75, 3.05) is 14.1 Å². The number of carbonyl (C=O) groups excluding carboxylic acids is 2. The maximum Gasteiger partial charge on any atom is 0.416 e. The number of nitrogens with one attached hydrogen (secondary N) is 2. The molecule has 0 fully saturated rings. The molecule has 1 unspecified atom stereocenters. The number of aliphatic imine (C=N–C) groups is 2. The van der Waals surface area contributed by atoms with E-state index < -0.39 is 29.6 Å². The normalized spacial score (nSPS) is 15.7. The van der Waals surface area contributed by atoms with Gasteiger partial charge in [0, 0.05) is 25.7 Å². The summed E-state index contributed by atoms with van der Waals surface area (Å²) in [4.78, 5) is 35.7. The Morgan fingerprint density at radius 3 is 2.44 bits per heavy atom. The van der Waals surface area contributed by atoms with Crippen molar-refractivity contribution >= 4 is 23.7 Å². The van der Waals surface area contributed by atoms with E-state index in [-0.39, 0.29) is 64.3 Å². The van der Waals surface area contributed by atoms with E-state index in [0.29, 0.717) is 12.5 Å². The van der Waals surface area contributed by atoms with Gasteiger partial charge in [-0.25, -0.2) is 0 Å². The number of halogens is 3. The zero-order chi connectivity index (χ0) is 34.6. The quantitative estimate of drug-likeness (QED) is 0.314. The standard InChI is InChI=1S/C34H31F3N6O5/c1-19(2)12-25-30(44)40-28-29(39-25)41-33(48-27-13-21(17-38)10-11-26(27)46-18-20-8-6-5-7-9-20)42-31(28)47-24-15-22(32(45)43(3)4)14-23(16-24)34(35,36)37/h5-11,13-16,19,25H,12,18H2,1-4H3,(H,40,44)(H,39,41,42). The van der Waals surface area contributed by atoms with E-state index in [0.717, 1.165) is 22.6 Å². The van der Waals surface area contributed by atoms with Crippen LogP contribution in [-0.2, 0) is 17.6 Å². The van der Waals surface area contributed by atoms with Crippen molar-refractivity contribution in [1.82, 2.24) is 15.5 Å². The maximum absolute atomic E-state index is 13.9. The molecule has 0 aliphatic carbocycles. The average molecular weight is 661 g/mol. The SMILES string of the molecule is CC(C)CC1N=C2NC(Oc3cc(C#N)ccc3OCc3ccccc3)=NC(Oc3cc(C(=O)N(C)C)cc(C(F)(F)F)c3)=C2NC1=O. The van der Waals surface area contributed by atoms with Gasteiger partial charge in [0.2, 0.25) is 5.91 Å². The van der Waals surface area contributed by atoms with Gasteiger partial charge in [-0.15, -0.1) is 0 Å². The zero-order valence-electron chi connectivity index (χ0n) is 26.4. The van der Waals surface area contributed by atoms with Gasteiger partial charge in [-0.05, 0) is 48.2 Å². The third-order valence-corrected chi connectivity index (χ3v) is 7.03. The van der Waals surface area contributed by atoms with E-state index in [1.165, 1.54) is 20.2 Å². The second-order valence-electron chi connectivity index (χ2n) is 11.5. The van der Waals surface area contributed by atoms with Crippen molar-refractivity contribution in [3.63, 3.8) is 0 Å². The van der Waals surface area contributed by atoms with Gasteiger partial charge < -0.3 is 24.4 Å². The molecule has 1 atom stereocenters. The van der Waals surface area contributed by atoms with Crippen molar-refractivity contribution in [1.29, 1.82) is 5.26 Å². The fourth-order valence-electron chi connectivity index (χ4n) is 4.73. The van der Waals surface area contributed by atoms with Crippen molar-refractivity contribution < 1.29 is 37.0 Å². The van der Waals surface area contributed by atoms with Crippen LogP contribution in [0.2, 0.25) is 0 Å². The summed E-state index contributed by atoms with van der Waals surface area (Å²) in [6.45, 7) is 4.04. The molecule has 0 saturated carbocycles. The van der Waals surface area contributed by atoms with Gasteiger partial charge in [0.05, 0.1) is 17.2 Å². The number of ether oxygens (including phenoxy) is 3. The summed E-state index contributed by atoms with van der Waals surface area (Å²) in [5.41, 5.74) is -0.325. The Morgan fingerprint density at radius 1 is 1.02 bits per heavy atom. The second-order valence-corrected chi connectivity index (χ2v) is 11.5. The molecule has 2 N–H and O–H groups in total. The molecule has 11 nitrogen and oxygen atoms in total. The highest BCUT2D eigenvalue weighted by atomic mass is 19.4. The van der Waals surface area contributed by atoms with Gasteiger partial charge >= 0.3 is 12.2 Å². The number of nitrogens with zero attached hydrogens (tertiary/aromatic N) is 4. The number of alkyl halides is 3. The lowest BCUT2D eigenvalue weighted by atomic mass is 10.0. The Bertz CT molecular complexity index is 1860. The minimum absolute atomic E-state index is 0.0448. The van der Waals surface area contributed by atoms with Crippen LogP contribution in [0.4, 0.5) is 13.2 Å². The number of amides is 2. The molecule has 2 aliphatic heterocycles. The van der Waals surface area contributed by atoms with Crippen molar-refractivity contribution in [2.24, 2.45) is 15.9 Å². The van der Waals surface area contributed by atoms with E-state index in [4.69, 9.17) is 14.2 Å². The van der Waals surface area contributed by atoms with E-state index in [9.17, 15) is 28.0 Å². The Kier molecular flexibility index (Phi) is 9.69. The Balaban J connectivity index is 1.56. The molecule has 0 aromatic heterocycles. The predicted molar refractivity (Wildman–Crippen MR) is 169 cm³/mol. The van der Waals surface area contributed by atoms with Crippen LogP contribution in [-0.4, -0.2) is 48.7 Å². The number of hydrogen-bond acceptors (Lipinski definition) is 9. The zero-order valence-corrected chi connectivity index (χ0v) is 26.4. The molecule has 3 aromatic carbocycles. The third kappa shape index (κ3) is 7.92. The van der Waals surface area contributed by atoms with Crippen LogP contribution in [0.5, 0.6) is 17.2 Å². The molecule has 0 bridgehead atoms. The molecule has 2 amide bonds. The summed E-state index contributed by atoms with van der Waals surface area (Å²) in [7, 11) is 2.81. The van der Waals surface area contributed by atoms with Gasteiger partial charge in [0.15, 0.2) is 17.3 Å². The highest BCUT2D eigenvalue weighted by Crippen LogP contribution is 2.35. The lowest BCUT2D eigenvalue weighted by Crippen LogP contribution is -2.51. The molecule has 14 heteroatoms. The van der Waals surface area contributed by atoms with Crippen molar-refractivity contribution in [2.45, 2.75) is 39.1 Å². The number of rotatable bonds is 9. The van der Waals surface area contributed by atoms with Crippen LogP contribution in [0.25, 0.3) is 0 Å². The fraction of sp³-hybridized carbons (Fsp3) is 0.265. The number of fused-ring (bicyclic) bond motifs is 1. The minimum Gasteiger partial charge on any atom is -0.485 e. The van der Waals surface area contributed by atoms with E-state index in [1.54, 1.807) is 12.1 Å². The van der Waals surface area contributed by atoms with Gasteiger partial charge in [-0.1, -0.05) is 44.2 Å². The molecule has 48 heavy (non-hydrogen) atoms. The van der Waals surface area contributed by atoms with Gasteiger partial charge in [0.25, 0.3) is 11.8 Å². The molecular formula is C34H31F3N6O5. The summed E-state index contributed by atoms with van der Waals surface area (Å²) in [5.74, 6) is -1.34. The Hall–Kier alpha value is -5.84. The first-order valence-corrected chi connectivity index (χ1v) is 14.8. The molecule has 3 aromatic rings. The average Bonchev–Trinajstić information content (AvgIpc) is 3.04. The number of carbonyl (C=O) groups is 2. The van der Waals surface area contributed by atoms with E-state index in [1.807, 2.05) is 50.2 Å². The summed E-state index contributed by atoms with van der Waals surface area (Å²) >= 11 is 0. The Labute approximate surface area is 274 Å². The topological polar surface area (TPSA) is 138 Å². The highest BCUT2D eigenvalue weighted by molar-refractivity contribution is 6.14. The summed E-state index contributed by atoms with van der Waals surface area (Å²) in [5, 5.41) is 15.1. The number of hydrogen-bond donors (Lipinski definition) is 2. The first kappa shape index (κ1) is 33.5. The first-order valence-electron chi connectivity index (χ1n) is 14.8. The van der Waals surface area contributed by atoms with Crippen molar-refractivity contribution in [3.8, 4) is 23.3 Å². The molecule has 0 saturated heterocycles. The lowest BCUT2D eigenvalue weighted by Gasteiger charge is -2.28. The Morgan fingerprint density at radius 2 is 1.77 bits per heavy atom. The summed E-state index contributed by atoms with van der Waals surface area (Å²) in [6, 6.07) is 17.5. The largest absolute Gasteiger partial charge is 0.485 e. The molecule has 0 spiro atoms. The van der Waals surface area contributed by atoms with Crippen LogP contribution in [0.3, 0.4) is 0 Å². The van der Waals surface area contributed by atoms with Crippen LogP contribution in [0.15, 0.2) is 88.3 Å². The summed E-state index contributed by atoms with van der Waals surface area (Å²) in [6.07, 6.45) is -4.40. The molecule has 0 radical (unpaired) electrons. The monoisotopic (exact) mass is 660 g/mol. The predicted octanol–water partition coefficient (Wildman–Crippen LogP) is 5.39. The molecule has 2 aliphatic rings. The van der Waals surface area contributed by atoms with E-state index in [2.05, 4.69) is 20.6 Å². The fourth-order valence-corrected chi connectivity index (χ4v) is 4.73. The molecular weight excluding hydrogens is 629 g/mol. The maximum atomic E-state index is 13.9. The van der Waals surface area contributed by atoms with Gasteiger partial charge in [-0.2, -0.15) is 23.4 Å². The smallest absolute Gasteiger partial charge is 0.416 e. The first-order chi connectivity index (χ1) is 22.8. The third-order valence-electron chi connectivity index (χ3n) is 7.03. The molecule has 248 valence electrons. The number of amidine groups is 2. The van der Waals surface area contributed by atoms with Crippen LogP contribution >= 0.6 is 0 Å². The van der Waals surface area contributed by atoms with Crippen LogP contribution < -0.4 is 24.8 Å². The van der Waals surface area contributed by atoms with Gasteiger partial charge in [-0.3, -0.25) is 19.9 Å². The highest BCUT2D eigenvalue weighted by Gasteiger charge is 2.36. The molecule has 5 rings (SSSR count). The van der Waals surface area contributed by atoms with Crippen LogP contribution in [0.1, 0.15) is 47.3 Å². The minimum atomic E-state index is -4.80. The van der Waals surface area contributed by atoms with Gasteiger partial charge in [0.1, 0.15) is 24.1 Å². The number of nitriles is 1. The number of benzene rings is 3. The van der Waals surface area contributed by atoms with Crippen molar-refractivity contribution in [3.05, 3.63) is 101 Å². The van der Waals surface area contributed by atoms with E-state index >= 15 is 0 Å². The molecule has 2 heterocycles.